The quantitative estimate of drug-likeness (QED) is 0.517. The molecule has 5 heteroatoms. The molecule has 3 rings (SSSR count). The van der Waals surface area contributed by atoms with E-state index in [2.05, 4.69) is 10.5 Å². The molecule has 2 N–H and O–H groups in total. The molecule has 0 heterocycles. The van der Waals surface area contributed by atoms with Crippen LogP contribution in [-0.2, 0) is 4.79 Å². The summed E-state index contributed by atoms with van der Waals surface area (Å²) in [7, 11) is 0. The van der Waals surface area contributed by atoms with Crippen LogP contribution in [0.3, 0.4) is 0 Å². The number of hydrogen-bond acceptors (Lipinski definition) is 4. The number of carbonyl (C=O) groups excluding carboxylic acids is 1. The van der Waals surface area contributed by atoms with Crippen molar-refractivity contribution in [1.29, 1.82) is 0 Å². The molecule has 0 unspecified atom stereocenters. The summed E-state index contributed by atoms with van der Waals surface area (Å²) in [6.07, 6.45) is 1.39. The van der Waals surface area contributed by atoms with Crippen LogP contribution in [-0.4, -0.2) is 23.8 Å². The summed E-state index contributed by atoms with van der Waals surface area (Å²) >= 11 is 0. The number of hydrazone groups is 1. The standard InChI is InChI=1S/C22H20N2O3/c1-16-7-8-19(21(25)13-16)14-23-24-22(26)15-27-20-11-9-18(10-12-20)17-5-3-2-4-6-17/h2-14,25H,15H2,1H3,(H,24,26). The average Bonchev–Trinajstić information content (AvgIpc) is 2.69. The molecule has 0 bridgehead atoms. The normalized spacial score (nSPS) is 10.7. The van der Waals surface area contributed by atoms with Gasteiger partial charge in [0, 0.05) is 5.56 Å². The molecule has 5 nitrogen and oxygen atoms in total. The second kappa shape index (κ2) is 8.67. The van der Waals surface area contributed by atoms with Crippen LogP contribution in [0, 0.1) is 6.92 Å². The number of aryl methyl sites for hydroxylation is 1. The minimum atomic E-state index is -0.384. The average molecular weight is 360 g/mol. The molecule has 1 amide bonds. The fourth-order valence-corrected chi connectivity index (χ4v) is 2.49. The Morgan fingerprint density at radius 3 is 2.44 bits per heavy atom. The van der Waals surface area contributed by atoms with Gasteiger partial charge in [-0.1, -0.05) is 48.5 Å². The van der Waals surface area contributed by atoms with Crippen molar-refractivity contribution in [2.75, 3.05) is 6.61 Å². The third kappa shape index (κ3) is 5.19. The molecule has 0 atom stereocenters. The van der Waals surface area contributed by atoms with Gasteiger partial charge in [-0.15, -0.1) is 0 Å². The number of amides is 1. The van der Waals surface area contributed by atoms with Gasteiger partial charge in [0.05, 0.1) is 6.21 Å². The van der Waals surface area contributed by atoms with Crippen LogP contribution in [0.4, 0.5) is 0 Å². The maximum Gasteiger partial charge on any atom is 0.277 e. The number of hydrogen-bond donors (Lipinski definition) is 2. The fraction of sp³-hybridized carbons (Fsp3) is 0.0909. The second-order valence-corrected chi connectivity index (χ2v) is 6.03. The van der Waals surface area contributed by atoms with Gasteiger partial charge in [-0.3, -0.25) is 4.79 Å². The number of nitrogens with zero attached hydrogens (tertiary/aromatic N) is 1. The van der Waals surface area contributed by atoms with E-state index in [1.165, 1.54) is 6.21 Å². The fourth-order valence-electron chi connectivity index (χ4n) is 2.49. The van der Waals surface area contributed by atoms with Crippen LogP contribution in [0.1, 0.15) is 11.1 Å². The molecule has 0 aliphatic heterocycles. The lowest BCUT2D eigenvalue weighted by Gasteiger charge is -2.07. The Hall–Kier alpha value is -3.60. The first-order valence-corrected chi connectivity index (χ1v) is 8.51. The van der Waals surface area contributed by atoms with E-state index in [1.807, 2.05) is 67.6 Å². The Morgan fingerprint density at radius 2 is 1.74 bits per heavy atom. The number of ether oxygens (including phenoxy) is 1. The zero-order valence-electron chi connectivity index (χ0n) is 14.9. The summed E-state index contributed by atoms with van der Waals surface area (Å²) in [5.74, 6) is 0.331. The number of phenolic OH excluding ortho intramolecular Hbond substituents is 1. The topological polar surface area (TPSA) is 70.9 Å². The van der Waals surface area contributed by atoms with Crippen molar-refractivity contribution in [2.24, 2.45) is 5.10 Å². The highest BCUT2D eigenvalue weighted by molar-refractivity contribution is 5.85. The second-order valence-electron chi connectivity index (χ2n) is 6.03. The molecule has 136 valence electrons. The molecule has 0 fully saturated rings. The molecule has 3 aromatic carbocycles. The van der Waals surface area contributed by atoms with E-state index in [4.69, 9.17) is 4.74 Å². The first kappa shape index (κ1) is 18.2. The Bertz CT molecular complexity index is 936. The molecule has 3 aromatic rings. The van der Waals surface area contributed by atoms with E-state index in [1.54, 1.807) is 12.1 Å². The predicted molar refractivity (Wildman–Crippen MR) is 106 cm³/mol. The maximum absolute atomic E-state index is 11.8. The lowest BCUT2D eigenvalue weighted by molar-refractivity contribution is -0.123. The van der Waals surface area contributed by atoms with Crippen molar-refractivity contribution in [2.45, 2.75) is 6.92 Å². The van der Waals surface area contributed by atoms with Gasteiger partial charge in [-0.25, -0.2) is 5.43 Å². The molecule has 0 aliphatic carbocycles. The predicted octanol–water partition coefficient (Wildman–Crippen LogP) is 3.90. The van der Waals surface area contributed by atoms with Crippen molar-refractivity contribution in [3.05, 3.63) is 83.9 Å². The molecule has 0 radical (unpaired) electrons. The maximum atomic E-state index is 11.8. The lowest BCUT2D eigenvalue weighted by Crippen LogP contribution is -2.24. The van der Waals surface area contributed by atoms with Crippen molar-refractivity contribution in [3.63, 3.8) is 0 Å². The van der Waals surface area contributed by atoms with Gasteiger partial charge in [-0.05, 0) is 47.9 Å². The van der Waals surface area contributed by atoms with Gasteiger partial charge in [0.25, 0.3) is 5.91 Å². The van der Waals surface area contributed by atoms with E-state index in [9.17, 15) is 9.90 Å². The molecular weight excluding hydrogens is 340 g/mol. The van der Waals surface area contributed by atoms with Crippen LogP contribution < -0.4 is 10.2 Å². The van der Waals surface area contributed by atoms with E-state index in [-0.39, 0.29) is 18.3 Å². The largest absolute Gasteiger partial charge is 0.507 e. The number of benzene rings is 3. The first-order valence-electron chi connectivity index (χ1n) is 8.51. The van der Waals surface area contributed by atoms with E-state index >= 15 is 0 Å². The highest BCUT2D eigenvalue weighted by Crippen LogP contribution is 2.22. The monoisotopic (exact) mass is 360 g/mol. The number of nitrogens with one attached hydrogen (secondary N) is 1. The van der Waals surface area contributed by atoms with Crippen LogP contribution >= 0.6 is 0 Å². The van der Waals surface area contributed by atoms with Gasteiger partial charge in [0.15, 0.2) is 6.61 Å². The first-order chi connectivity index (χ1) is 13.1. The molecule has 0 saturated carbocycles. The van der Waals surface area contributed by atoms with E-state index in [0.29, 0.717) is 11.3 Å². The Morgan fingerprint density at radius 1 is 1.04 bits per heavy atom. The number of phenols is 1. The van der Waals surface area contributed by atoms with Gasteiger partial charge in [0.1, 0.15) is 11.5 Å². The van der Waals surface area contributed by atoms with Crippen molar-refractivity contribution < 1.29 is 14.6 Å². The summed E-state index contributed by atoms with van der Waals surface area (Å²) in [4.78, 5) is 11.8. The van der Waals surface area contributed by atoms with Gasteiger partial charge >= 0.3 is 0 Å². The van der Waals surface area contributed by atoms with E-state index in [0.717, 1.165) is 16.7 Å². The third-order valence-electron chi connectivity index (χ3n) is 3.91. The minimum absolute atomic E-state index is 0.114. The molecule has 27 heavy (non-hydrogen) atoms. The lowest BCUT2D eigenvalue weighted by atomic mass is 10.1. The molecule has 0 aromatic heterocycles. The molecular formula is C22H20N2O3. The summed E-state index contributed by atoms with van der Waals surface area (Å²) < 4.78 is 5.47. The highest BCUT2D eigenvalue weighted by atomic mass is 16.5. The van der Waals surface area contributed by atoms with Crippen LogP contribution in [0.2, 0.25) is 0 Å². The number of carbonyl (C=O) groups is 1. The molecule has 0 aliphatic rings. The Balaban J connectivity index is 1.49. The number of rotatable bonds is 6. The molecule has 0 spiro atoms. The van der Waals surface area contributed by atoms with Gasteiger partial charge in [0.2, 0.25) is 0 Å². The van der Waals surface area contributed by atoms with Crippen molar-refractivity contribution in [1.82, 2.24) is 5.43 Å². The third-order valence-corrected chi connectivity index (χ3v) is 3.91. The van der Waals surface area contributed by atoms with Crippen LogP contribution in [0.25, 0.3) is 11.1 Å². The van der Waals surface area contributed by atoms with Gasteiger partial charge < -0.3 is 9.84 Å². The van der Waals surface area contributed by atoms with Crippen molar-refractivity contribution >= 4 is 12.1 Å². The molecule has 0 saturated heterocycles. The SMILES string of the molecule is Cc1ccc(C=NNC(=O)COc2ccc(-c3ccccc3)cc2)c(O)c1. The van der Waals surface area contributed by atoms with Crippen molar-refractivity contribution in [3.8, 4) is 22.6 Å². The summed E-state index contributed by atoms with van der Waals surface area (Å²) in [5.41, 5.74) is 6.05. The highest BCUT2D eigenvalue weighted by Gasteiger charge is 2.03. The van der Waals surface area contributed by atoms with Crippen LogP contribution in [0.5, 0.6) is 11.5 Å². The van der Waals surface area contributed by atoms with E-state index < -0.39 is 0 Å². The smallest absolute Gasteiger partial charge is 0.277 e. The zero-order valence-corrected chi connectivity index (χ0v) is 14.9. The minimum Gasteiger partial charge on any atom is -0.507 e. The van der Waals surface area contributed by atoms with Gasteiger partial charge in [-0.2, -0.15) is 5.10 Å². The summed E-state index contributed by atoms with van der Waals surface area (Å²) in [5, 5.41) is 13.6. The summed E-state index contributed by atoms with van der Waals surface area (Å²) in [6.45, 7) is 1.73. The number of aromatic hydroxyl groups is 1. The Labute approximate surface area is 157 Å². The van der Waals surface area contributed by atoms with Crippen LogP contribution in [0.15, 0.2) is 77.9 Å². The summed E-state index contributed by atoms with van der Waals surface area (Å²) in [6, 6.07) is 22.8. The Kier molecular flexibility index (Phi) is 5.84. The zero-order chi connectivity index (χ0) is 19.1.